The van der Waals surface area contributed by atoms with Crippen LogP contribution in [0.5, 0.6) is 0 Å². The predicted octanol–water partition coefficient (Wildman–Crippen LogP) is 2.04. The van der Waals surface area contributed by atoms with Crippen molar-refractivity contribution in [2.75, 3.05) is 0 Å². The second kappa shape index (κ2) is 5.54. The molecule has 5 nitrogen and oxygen atoms in total. The molecular formula is C12H16N4O. The van der Waals surface area contributed by atoms with Gasteiger partial charge >= 0.3 is 0 Å². The molecule has 0 aliphatic carbocycles. The molecule has 0 aliphatic rings. The molecule has 2 rings (SSSR count). The largest absolute Gasteiger partial charge is 0.369 e. The Morgan fingerprint density at radius 1 is 1.29 bits per heavy atom. The van der Waals surface area contributed by atoms with Crippen molar-refractivity contribution < 1.29 is 4.74 Å². The number of aromatic nitrogens is 4. The number of H-pyrrole nitrogens is 1. The molecule has 0 radical (unpaired) electrons. The van der Waals surface area contributed by atoms with Crippen LogP contribution >= 0.6 is 0 Å². The number of hydrogen-bond donors (Lipinski definition) is 1. The zero-order valence-corrected chi connectivity index (χ0v) is 10.1. The van der Waals surface area contributed by atoms with Crippen molar-refractivity contribution in [2.45, 2.75) is 33.0 Å². The predicted molar refractivity (Wildman–Crippen MR) is 63.2 cm³/mol. The van der Waals surface area contributed by atoms with Gasteiger partial charge in [0.25, 0.3) is 0 Å². The quantitative estimate of drug-likeness (QED) is 0.856. The molecule has 0 unspecified atom stereocenters. The molecule has 2 aromatic rings. The Bertz CT molecular complexity index is 453. The minimum Gasteiger partial charge on any atom is -0.369 e. The summed E-state index contributed by atoms with van der Waals surface area (Å²) in [4.78, 5) is 0. The van der Waals surface area contributed by atoms with E-state index >= 15 is 0 Å². The van der Waals surface area contributed by atoms with Crippen LogP contribution in [0.15, 0.2) is 24.3 Å². The number of rotatable bonds is 5. The van der Waals surface area contributed by atoms with Gasteiger partial charge in [0.15, 0.2) is 5.82 Å². The standard InChI is InChI=1S/C12H16N4O/c1-9(2)11-5-3-4-10(6-11)7-17-8-12-13-15-16-14-12/h3-6,9H,7-8H2,1-2H3,(H,13,14,15,16). The van der Waals surface area contributed by atoms with Crippen LogP contribution in [0.2, 0.25) is 0 Å². The van der Waals surface area contributed by atoms with Crippen molar-refractivity contribution >= 4 is 0 Å². The van der Waals surface area contributed by atoms with Crippen LogP contribution in [-0.2, 0) is 18.0 Å². The van der Waals surface area contributed by atoms with Gasteiger partial charge in [-0.1, -0.05) is 43.3 Å². The third kappa shape index (κ3) is 3.35. The first kappa shape index (κ1) is 11.7. The third-order valence-electron chi connectivity index (χ3n) is 2.51. The zero-order valence-electron chi connectivity index (χ0n) is 10.1. The Morgan fingerprint density at radius 3 is 2.88 bits per heavy atom. The Hall–Kier alpha value is -1.75. The number of ether oxygens (including phenoxy) is 1. The van der Waals surface area contributed by atoms with Crippen LogP contribution in [0, 0.1) is 0 Å². The summed E-state index contributed by atoms with van der Waals surface area (Å²) in [5.74, 6) is 1.11. The van der Waals surface area contributed by atoms with Gasteiger partial charge in [-0.25, -0.2) is 0 Å². The van der Waals surface area contributed by atoms with E-state index in [9.17, 15) is 0 Å². The summed E-state index contributed by atoms with van der Waals surface area (Å²) < 4.78 is 5.51. The fourth-order valence-electron chi connectivity index (χ4n) is 1.55. The molecule has 5 heteroatoms. The first-order valence-corrected chi connectivity index (χ1v) is 5.64. The van der Waals surface area contributed by atoms with Crippen LogP contribution in [0.1, 0.15) is 36.7 Å². The van der Waals surface area contributed by atoms with E-state index in [1.54, 1.807) is 0 Å². The lowest BCUT2D eigenvalue weighted by Gasteiger charge is -2.08. The lowest BCUT2D eigenvalue weighted by atomic mass is 10.0. The third-order valence-corrected chi connectivity index (χ3v) is 2.51. The van der Waals surface area contributed by atoms with Gasteiger partial charge in [-0.05, 0) is 17.0 Å². The maximum atomic E-state index is 5.51. The molecule has 0 fully saturated rings. The summed E-state index contributed by atoms with van der Waals surface area (Å²) in [7, 11) is 0. The van der Waals surface area contributed by atoms with Crippen molar-refractivity contribution in [3.8, 4) is 0 Å². The normalized spacial score (nSPS) is 11.0. The first-order chi connectivity index (χ1) is 8.25. The van der Waals surface area contributed by atoms with Crippen LogP contribution in [0.3, 0.4) is 0 Å². The van der Waals surface area contributed by atoms with Gasteiger partial charge in [0.2, 0.25) is 0 Å². The maximum absolute atomic E-state index is 5.51. The van der Waals surface area contributed by atoms with Crippen molar-refractivity contribution in [3.63, 3.8) is 0 Å². The number of hydrogen-bond acceptors (Lipinski definition) is 4. The van der Waals surface area contributed by atoms with E-state index < -0.39 is 0 Å². The molecule has 0 bridgehead atoms. The topological polar surface area (TPSA) is 63.7 Å². The van der Waals surface area contributed by atoms with Gasteiger partial charge in [-0.15, -0.1) is 10.2 Å². The van der Waals surface area contributed by atoms with E-state index in [1.165, 1.54) is 11.1 Å². The lowest BCUT2D eigenvalue weighted by molar-refractivity contribution is 0.102. The lowest BCUT2D eigenvalue weighted by Crippen LogP contribution is -1.97. The minimum absolute atomic E-state index is 0.377. The summed E-state index contributed by atoms with van der Waals surface area (Å²) in [5, 5.41) is 13.5. The monoisotopic (exact) mass is 232 g/mol. The minimum atomic E-state index is 0.377. The number of tetrazole rings is 1. The molecule has 0 atom stereocenters. The fourth-order valence-corrected chi connectivity index (χ4v) is 1.55. The summed E-state index contributed by atoms with van der Waals surface area (Å²) in [6.07, 6.45) is 0. The SMILES string of the molecule is CC(C)c1cccc(COCc2nn[nH]n2)c1. The summed E-state index contributed by atoms with van der Waals surface area (Å²) in [6.45, 7) is 5.30. The van der Waals surface area contributed by atoms with E-state index in [1.807, 2.05) is 0 Å². The average molecular weight is 232 g/mol. The fraction of sp³-hybridized carbons (Fsp3) is 0.417. The van der Waals surface area contributed by atoms with Crippen LogP contribution in [0.4, 0.5) is 0 Å². The second-order valence-corrected chi connectivity index (χ2v) is 4.22. The number of nitrogens with zero attached hydrogens (tertiary/aromatic N) is 3. The Kier molecular flexibility index (Phi) is 3.82. The molecule has 90 valence electrons. The van der Waals surface area contributed by atoms with Gasteiger partial charge in [0.1, 0.15) is 6.61 Å². The molecule has 1 N–H and O–H groups in total. The Labute approximate surface area is 100 Å². The highest BCUT2D eigenvalue weighted by Gasteiger charge is 2.02. The Morgan fingerprint density at radius 2 is 2.18 bits per heavy atom. The Balaban J connectivity index is 1.88. The molecule has 0 saturated heterocycles. The summed E-state index contributed by atoms with van der Waals surface area (Å²) in [6, 6.07) is 8.42. The molecule has 0 spiro atoms. The van der Waals surface area contributed by atoms with Gasteiger partial charge in [-0.2, -0.15) is 5.21 Å². The molecule has 0 amide bonds. The molecular weight excluding hydrogens is 216 g/mol. The summed E-state index contributed by atoms with van der Waals surface area (Å²) >= 11 is 0. The highest BCUT2D eigenvalue weighted by atomic mass is 16.5. The van der Waals surface area contributed by atoms with Crippen LogP contribution < -0.4 is 0 Å². The van der Waals surface area contributed by atoms with Crippen molar-refractivity contribution in [3.05, 3.63) is 41.2 Å². The average Bonchev–Trinajstić information content (AvgIpc) is 2.82. The van der Waals surface area contributed by atoms with Gasteiger partial charge < -0.3 is 4.74 Å². The highest BCUT2D eigenvalue weighted by Crippen LogP contribution is 2.16. The van der Waals surface area contributed by atoms with Crippen molar-refractivity contribution in [1.82, 2.24) is 20.6 Å². The number of nitrogens with one attached hydrogen (secondary N) is 1. The van der Waals surface area contributed by atoms with Gasteiger partial charge in [0, 0.05) is 0 Å². The van der Waals surface area contributed by atoms with Gasteiger partial charge in [-0.3, -0.25) is 0 Å². The molecule has 0 saturated carbocycles. The first-order valence-electron chi connectivity index (χ1n) is 5.64. The van der Waals surface area contributed by atoms with E-state index in [-0.39, 0.29) is 0 Å². The molecule has 1 aromatic heterocycles. The maximum Gasteiger partial charge on any atom is 0.200 e. The zero-order chi connectivity index (χ0) is 12.1. The highest BCUT2D eigenvalue weighted by molar-refractivity contribution is 5.25. The van der Waals surface area contributed by atoms with E-state index in [0.29, 0.717) is 25.0 Å². The molecule has 0 aliphatic heterocycles. The van der Waals surface area contributed by atoms with Crippen molar-refractivity contribution in [1.29, 1.82) is 0 Å². The number of aromatic amines is 1. The summed E-state index contributed by atoms with van der Waals surface area (Å²) in [5.41, 5.74) is 2.49. The second-order valence-electron chi connectivity index (χ2n) is 4.22. The number of benzene rings is 1. The van der Waals surface area contributed by atoms with Crippen LogP contribution in [-0.4, -0.2) is 20.6 Å². The smallest absolute Gasteiger partial charge is 0.200 e. The van der Waals surface area contributed by atoms with Crippen LogP contribution in [0.25, 0.3) is 0 Å². The molecule has 17 heavy (non-hydrogen) atoms. The van der Waals surface area contributed by atoms with E-state index in [2.05, 4.69) is 58.7 Å². The van der Waals surface area contributed by atoms with Gasteiger partial charge in [0.05, 0.1) is 6.61 Å². The molecule has 1 heterocycles. The van der Waals surface area contributed by atoms with E-state index in [4.69, 9.17) is 4.74 Å². The molecule has 1 aromatic carbocycles. The van der Waals surface area contributed by atoms with Crippen molar-refractivity contribution in [2.24, 2.45) is 0 Å². The van der Waals surface area contributed by atoms with E-state index in [0.717, 1.165) is 0 Å².